The third kappa shape index (κ3) is 2.09. The quantitative estimate of drug-likeness (QED) is 0.521. The number of hydrogen-bond acceptors (Lipinski definition) is 2. The lowest BCUT2D eigenvalue weighted by atomic mass is 10.1. The Labute approximate surface area is 144 Å². The van der Waals surface area contributed by atoms with Crippen molar-refractivity contribution in [3.63, 3.8) is 0 Å². The Morgan fingerprint density at radius 3 is 2.12 bits per heavy atom. The predicted octanol–water partition coefficient (Wildman–Crippen LogP) is 5.09. The molecule has 0 amide bonds. The molecule has 0 unspecified atom stereocenters. The molecule has 0 atom stereocenters. The number of fused-ring (bicyclic) bond motifs is 4. The molecule has 1 N–H and O–H groups in total. The molecule has 0 bridgehead atoms. The first-order valence-electron chi connectivity index (χ1n) is 8.28. The van der Waals surface area contributed by atoms with Crippen LogP contribution in [-0.4, -0.2) is 11.0 Å². The average Bonchev–Trinajstić information content (AvgIpc) is 3.22. The van der Waals surface area contributed by atoms with Crippen LogP contribution in [0, 0.1) is 0 Å². The fourth-order valence-corrected chi connectivity index (χ4v) is 3.65. The van der Waals surface area contributed by atoms with E-state index in [0.717, 1.165) is 33.2 Å². The number of carbonyl (C=O) groups is 1. The van der Waals surface area contributed by atoms with Crippen molar-refractivity contribution < 1.29 is 9.53 Å². The minimum absolute atomic E-state index is 0.311. The van der Waals surface area contributed by atoms with Crippen molar-refractivity contribution in [1.29, 1.82) is 0 Å². The summed E-state index contributed by atoms with van der Waals surface area (Å²) in [6, 6.07) is 24.0. The van der Waals surface area contributed by atoms with Gasteiger partial charge < -0.3 is 9.72 Å². The lowest BCUT2D eigenvalue weighted by Gasteiger charge is -2.14. The number of carbonyl (C=O) groups excluding carboxylic acids is 1. The number of aromatic amines is 1. The fraction of sp³-hybridized carbons (Fsp3) is 0.0455. The van der Waals surface area contributed by atoms with Crippen molar-refractivity contribution in [2.45, 2.75) is 6.10 Å². The molecule has 1 aromatic heterocycles. The van der Waals surface area contributed by atoms with Gasteiger partial charge in [-0.25, -0.2) is 4.79 Å². The van der Waals surface area contributed by atoms with Crippen molar-refractivity contribution in [3.8, 4) is 11.1 Å². The van der Waals surface area contributed by atoms with Crippen LogP contribution < -0.4 is 0 Å². The molecule has 0 spiro atoms. The third-order valence-corrected chi connectivity index (χ3v) is 4.81. The molecule has 1 aliphatic rings. The molecule has 5 rings (SSSR count). The summed E-state index contributed by atoms with van der Waals surface area (Å²) < 4.78 is 5.96. The molecule has 0 saturated heterocycles. The smallest absolute Gasteiger partial charge is 0.341 e. The summed E-state index contributed by atoms with van der Waals surface area (Å²) >= 11 is 0. The zero-order chi connectivity index (χ0) is 16.8. The van der Waals surface area contributed by atoms with Gasteiger partial charge in [0.25, 0.3) is 0 Å². The van der Waals surface area contributed by atoms with Crippen LogP contribution in [0.2, 0.25) is 0 Å². The van der Waals surface area contributed by atoms with Gasteiger partial charge in [0, 0.05) is 28.2 Å². The van der Waals surface area contributed by atoms with E-state index in [2.05, 4.69) is 17.1 Å². The molecule has 3 heteroatoms. The average molecular weight is 325 g/mol. The number of nitrogens with one attached hydrogen (secondary N) is 1. The van der Waals surface area contributed by atoms with Crippen molar-refractivity contribution in [2.24, 2.45) is 0 Å². The number of benzene rings is 3. The summed E-state index contributed by atoms with van der Waals surface area (Å²) in [6.07, 6.45) is 1.35. The predicted molar refractivity (Wildman–Crippen MR) is 97.4 cm³/mol. The second kappa shape index (κ2) is 5.35. The lowest BCUT2D eigenvalue weighted by Crippen LogP contribution is -2.10. The highest BCUT2D eigenvalue weighted by molar-refractivity contribution is 6.04. The number of aromatic nitrogens is 1. The lowest BCUT2D eigenvalue weighted by molar-refractivity contribution is 0.0388. The Hall–Kier alpha value is -3.33. The molecule has 4 aromatic rings. The SMILES string of the molecule is O=C(OC1c2ccccc2-c2ccccc21)c1c[nH]c2ccccc12. The maximum Gasteiger partial charge on any atom is 0.341 e. The van der Waals surface area contributed by atoms with Gasteiger partial charge in [-0.15, -0.1) is 0 Å². The zero-order valence-electron chi connectivity index (χ0n) is 13.4. The molecule has 3 aromatic carbocycles. The van der Waals surface area contributed by atoms with Gasteiger partial charge in [0.2, 0.25) is 0 Å². The molecule has 0 radical (unpaired) electrons. The first kappa shape index (κ1) is 14.1. The molecule has 3 nitrogen and oxygen atoms in total. The molecule has 0 aliphatic heterocycles. The second-order valence-electron chi connectivity index (χ2n) is 6.21. The van der Waals surface area contributed by atoms with E-state index >= 15 is 0 Å². The molecule has 1 heterocycles. The van der Waals surface area contributed by atoms with E-state index in [1.54, 1.807) is 6.20 Å². The van der Waals surface area contributed by atoms with Gasteiger partial charge >= 0.3 is 5.97 Å². The summed E-state index contributed by atoms with van der Waals surface area (Å²) in [4.78, 5) is 16.0. The molecular weight excluding hydrogens is 310 g/mol. The van der Waals surface area contributed by atoms with E-state index < -0.39 is 0 Å². The summed E-state index contributed by atoms with van der Waals surface area (Å²) in [5, 5.41) is 0.882. The summed E-state index contributed by atoms with van der Waals surface area (Å²) in [7, 11) is 0. The zero-order valence-corrected chi connectivity index (χ0v) is 13.4. The summed E-state index contributed by atoms with van der Waals surface area (Å²) in [5.41, 5.74) is 5.84. The Kier molecular flexibility index (Phi) is 3.01. The normalized spacial score (nSPS) is 12.8. The maximum atomic E-state index is 12.9. The minimum Gasteiger partial charge on any atom is -0.449 e. The largest absolute Gasteiger partial charge is 0.449 e. The van der Waals surface area contributed by atoms with Gasteiger partial charge in [-0.2, -0.15) is 0 Å². The Morgan fingerprint density at radius 1 is 0.800 bits per heavy atom. The Morgan fingerprint density at radius 2 is 1.40 bits per heavy atom. The van der Waals surface area contributed by atoms with Crippen LogP contribution in [0.25, 0.3) is 22.0 Å². The standard InChI is InChI=1S/C22H15NO2/c24-22(19-13-23-20-12-6-5-9-16(19)20)25-21-17-10-3-1-7-14(17)15-8-2-4-11-18(15)21/h1-13,21,23H. The molecule has 0 fully saturated rings. The van der Waals surface area contributed by atoms with E-state index in [1.807, 2.05) is 60.7 Å². The van der Waals surface area contributed by atoms with Crippen LogP contribution >= 0.6 is 0 Å². The van der Waals surface area contributed by atoms with Gasteiger partial charge in [0.15, 0.2) is 6.10 Å². The number of hydrogen-bond donors (Lipinski definition) is 1. The summed E-state index contributed by atoms with van der Waals surface area (Å²) in [5.74, 6) is -0.311. The van der Waals surface area contributed by atoms with Crippen molar-refractivity contribution in [2.75, 3.05) is 0 Å². The van der Waals surface area contributed by atoms with Crippen LogP contribution in [0.4, 0.5) is 0 Å². The van der Waals surface area contributed by atoms with Crippen LogP contribution in [0.1, 0.15) is 27.6 Å². The van der Waals surface area contributed by atoms with E-state index in [4.69, 9.17) is 4.74 Å². The van der Waals surface area contributed by atoms with Crippen LogP contribution in [0.5, 0.6) is 0 Å². The van der Waals surface area contributed by atoms with Gasteiger partial charge in [0.05, 0.1) is 5.56 Å². The number of rotatable bonds is 2. The van der Waals surface area contributed by atoms with Crippen molar-refractivity contribution >= 4 is 16.9 Å². The first-order chi connectivity index (χ1) is 12.3. The molecular formula is C22H15NO2. The first-order valence-corrected chi connectivity index (χ1v) is 8.28. The van der Waals surface area contributed by atoms with Gasteiger partial charge in [-0.3, -0.25) is 0 Å². The van der Waals surface area contributed by atoms with Gasteiger partial charge in [-0.1, -0.05) is 66.7 Å². The van der Waals surface area contributed by atoms with E-state index in [1.165, 1.54) is 0 Å². The highest BCUT2D eigenvalue weighted by atomic mass is 16.5. The molecule has 25 heavy (non-hydrogen) atoms. The summed E-state index contributed by atoms with van der Waals surface area (Å²) in [6.45, 7) is 0. The van der Waals surface area contributed by atoms with E-state index in [-0.39, 0.29) is 12.1 Å². The van der Waals surface area contributed by atoms with Crippen LogP contribution in [-0.2, 0) is 4.74 Å². The van der Waals surface area contributed by atoms with Crippen molar-refractivity contribution in [1.82, 2.24) is 4.98 Å². The number of para-hydroxylation sites is 1. The van der Waals surface area contributed by atoms with Gasteiger partial charge in [-0.05, 0) is 17.2 Å². The highest BCUT2D eigenvalue weighted by Gasteiger charge is 2.31. The molecule has 1 aliphatic carbocycles. The monoisotopic (exact) mass is 325 g/mol. The number of H-pyrrole nitrogens is 1. The Balaban J connectivity index is 1.57. The van der Waals surface area contributed by atoms with Crippen LogP contribution in [0.15, 0.2) is 79.0 Å². The number of esters is 1. The van der Waals surface area contributed by atoms with E-state index in [9.17, 15) is 4.79 Å². The Bertz CT molecular complexity index is 1060. The fourth-order valence-electron chi connectivity index (χ4n) is 3.65. The second-order valence-corrected chi connectivity index (χ2v) is 6.21. The topological polar surface area (TPSA) is 42.1 Å². The highest BCUT2D eigenvalue weighted by Crippen LogP contribution is 2.45. The number of ether oxygens (including phenoxy) is 1. The maximum absolute atomic E-state index is 12.9. The van der Waals surface area contributed by atoms with E-state index in [0.29, 0.717) is 5.56 Å². The van der Waals surface area contributed by atoms with Crippen LogP contribution in [0.3, 0.4) is 0 Å². The van der Waals surface area contributed by atoms with Crippen molar-refractivity contribution in [3.05, 3.63) is 95.7 Å². The minimum atomic E-state index is -0.367. The van der Waals surface area contributed by atoms with Gasteiger partial charge in [0.1, 0.15) is 0 Å². The molecule has 120 valence electrons. The molecule has 0 saturated carbocycles. The third-order valence-electron chi connectivity index (χ3n) is 4.81.